The molecule has 0 spiro atoms. The number of anilines is 6. The standard InChI is InChI=1S/C12H11FN4S.C12H12N4S.C11H9FN4S.C11H10N4S.C10H7FN4S.C10H8N4S/c1-3-17(2)12-10(5-14)16-11(18-12)8-4-9(13)7-15-6-8;1-3-16(2)12-10(7-13)15-11(17-12)9-5-4-6-14-8-9;1-16(2)11-9(4-13)15-10(17-11)7-3-8(12)6-14-5-7;1-15(2)11-9(6-12)14-10(16-11)8-4-3-5-13-7-8;1-13-10-8(3-12)15-9(16-10)6-2-7(11)5-14-4-6;1-12-10-8(5-11)14-9(15-10)7-3-2-4-13-6-7/h4,6-7H,3H2,1-2H3;4-6,8H,3H2,1-2H3;3,5-6H,1-2H3;3-5,7H,1-2H3;2,4-5,13H,1H3;2-4,6,12H,1H3. The molecule has 24 nitrogen and oxygen atoms in total. The second kappa shape index (κ2) is 36.9. The molecule has 0 atom stereocenters. The third-order valence-corrected chi connectivity index (χ3v) is 20.0. The lowest BCUT2D eigenvalue weighted by molar-refractivity contribution is 0.621. The average Bonchev–Trinajstić information content (AvgIpc) is 1.75. The molecule has 0 fully saturated rings. The van der Waals surface area contributed by atoms with Gasteiger partial charge in [0, 0.05) is 159 Å². The molecule has 0 aliphatic carbocycles. The molecule has 0 saturated carbocycles. The van der Waals surface area contributed by atoms with E-state index in [1.54, 1.807) is 57.5 Å². The highest BCUT2D eigenvalue weighted by Crippen LogP contribution is 2.38. The minimum absolute atomic E-state index is 0.312. The van der Waals surface area contributed by atoms with Crippen LogP contribution in [0.5, 0.6) is 0 Å². The summed E-state index contributed by atoms with van der Waals surface area (Å²) in [5, 5.41) is 68.6. The molecule has 12 heterocycles. The quantitative estimate of drug-likeness (QED) is 0.102. The molecule has 12 rings (SSSR count). The van der Waals surface area contributed by atoms with Gasteiger partial charge in [0.15, 0.2) is 34.2 Å². The molecule has 498 valence electrons. The van der Waals surface area contributed by atoms with Crippen LogP contribution in [0.15, 0.2) is 129 Å². The molecular weight excluding hydrogens is 1380 g/mol. The van der Waals surface area contributed by atoms with Crippen molar-refractivity contribution in [3.63, 3.8) is 0 Å². The van der Waals surface area contributed by atoms with Gasteiger partial charge in [0.25, 0.3) is 0 Å². The van der Waals surface area contributed by atoms with E-state index < -0.39 is 17.5 Å². The summed E-state index contributed by atoms with van der Waals surface area (Å²) in [5.74, 6) is -1.24. The van der Waals surface area contributed by atoms with Gasteiger partial charge in [-0.1, -0.05) is 68.0 Å². The highest BCUT2D eigenvalue weighted by molar-refractivity contribution is 7.21. The third kappa shape index (κ3) is 20.1. The summed E-state index contributed by atoms with van der Waals surface area (Å²) < 4.78 is 39.1. The van der Waals surface area contributed by atoms with Gasteiger partial charge in [0.2, 0.25) is 0 Å². The summed E-state index contributed by atoms with van der Waals surface area (Å²) in [5.41, 5.74) is 6.97. The van der Waals surface area contributed by atoms with Crippen LogP contribution in [0, 0.1) is 85.4 Å². The average molecular weight is 1440 g/mol. The van der Waals surface area contributed by atoms with Gasteiger partial charge in [-0.2, -0.15) is 31.6 Å². The van der Waals surface area contributed by atoms with Crippen molar-refractivity contribution in [3.05, 3.63) is 181 Å². The van der Waals surface area contributed by atoms with Crippen molar-refractivity contribution in [1.29, 1.82) is 31.6 Å². The predicted octanol–water partition coefficient (Wildman–Crippen LogP) is 14.0. The number of aromatic nitrogens is 12. The van der Waals surface area contributed by atoms with Crippen molar-refractivity contribution in [1.82, 2.24) is 59.8 Å². The Bertz CT molecular complexity index is 4900. The smallest absolute Gasteiger partial charge is 0.175 e. The number of nitriles is 6. The van der Waals surface area contributed by atoms with Crippen LogP contribution in [0.25, 0.3) is 63.4 Å². The molecule has 0 amide bonds. The first kappa shape index (κ1) is 74.6. The zero-order valence-electron chi connectivity index (χ0n) is 54.5. The Morgan fingerprint density at radius 2 is 0.606 bits per heavy atom. The first-order valence-corrected chi connectivity index (χ1v) is 33.9. The molecule has 0 saturated heterocycles. The summed E-state index contributed by atoms with van der Waals surface area (Å²) in [7, 11) is 14.8. The highest BCUT2D eigenvalue weighted by Gasteiger charge is 2.20. The second-order valence-corrected chi connectivity index (χ2v) is 25.9. The van der Waals surface area contributed by atoms with Crippen LogP contribution in [0.1, 0.15) is 48.0 Å². The number of hydrogen-bond donors (Lipinski definition) is 2. The topological polar surface area (TPSA) is 334 Å². The van der Waals surface area contributed by atoms with Crippen LogP contribution in [-0.2, 0) is 0 Å². The molecule has 12 aromatic rings. The molecule has 12 aromatic heterocycles. The lowest BCUT2D eigenvalue weighted by atomic mass is 10.3. The van der Waals surface area contributed by atoms with E-state index in [0.717, 1.165) is 88.4 Å². The zero-order chi connectivity index (χ0) is 71.5. The lowest BCUT2D eigenvalue weighted by Gasteiger charge is -2.12. The van der Waals surface area contributed by atoms with E-state index in [0.29, 0.717) is 70.9 Å². The summed E-state index contributed by atoms with van der Waals surface area (Å²) in [6.07, 6.45) is 18.4. The van der Waals surface area contributed by atoms with Gasteiger partial charge in [-0.25, -0.2) is 43.1 Å². The van der Waals surface area contributed by atoms with Gasteiger partial charge < -0.3 is 30.2 Å². The summed E-state index contributed by atoms with van der Waals surface area (Å²) in [4.78, 5) is 56.4. The van der Waals surface area contributed by atoms with Gasteiger partial charge >= 0.3 is 0 Å². The van der Waals surface area contributed by atoms with Gasteiger partial charge in [0.05, 0.1) is 18.6 Å². The maximum absolute atomic E-state index is 13.1. The van der Waals surface area contributed by atoms with E-state index in [-0.39, 0.29) is 0 Å². The van der Waals surface area contributed by atoms with E-state index in [9.17, 15) is 13.2 Å². The maximum atomic E-state index is 13.1. The molecule has 2 N–H and O–H groups in total. The Morgan fingerprint density at radius 3 is 0.838 bits per heavy atom. The van der Waals surface area contributed by atoms with E-state index in [2.05, 4.69) is 94.7 Å². The predicted molar refractivity (Wildman–Crippen MR) is 386 cm³/mol. The molecule has 0 unspecified atom stereocenters. The minimum atomic E-state index is -0.419. The van der Waals surface area contributed by atoms with Crippen LogP contribution in [0.2, 0.25) is 0 Å². The zero-order valence-corrected chi connectivity index (χ0v) is 59.4. The van der Waals surface area contributed by atoms with E-state index in [4.69, 9.17) is 31.6 Å². The second-order valence-electron chi connectivity index (χ2n) is 20.0. The van der Waals surface area contributed by atoms with Crippen molar-refractivity contribution < 1.29 is 13.2 Å². The molecule has 0 bridgehead atoms. The molecule has 0 radical (unpaired) electrons. The van der Waals surface area contributed by atoms with Crippen molar-refractivity contribution in [2.75, 3.05) is 99.7 Å². The molecule has 33 heteroatoms. The monoisotopic (exact) mass is 1430 g/mol. The summed E-state index contributed by atoms with van der Waals surface area (Å²) in [6, 6.07) is 27.8. The van der Waals surface area contributed by atoms with E-state index >= 15 is 0 Å². The number of halogens is 3. The number of rotatable bonds is 14. The van der Waals surface area contributed by atoms with Gasteiger partial charge in [-0.05, 0) is 68.4 Å². The summed E-state index contributed by atoms with van der Waals surface area (Å²) >= 11 is 8.47. The van der Waals surface area contributed by atoms with Crippen LogP contribution >= 0.6 is 68.0 Å². The van der Waals surface area contributed by atoms with Crippen LogP contribution in [-0.4, -0.2) is 129 Å². The van der Waals surface area contributed by atoms with Crippen molar-refractivity contribution in [3.8, 4) is 99.8 Å². The first-order chi connectivity index (χ1) is 47.8. The first-order valence-electron chi connectivity index (χ1n) is 29.0. The van der Waals surface area contributed by atoms with Crippen LogP contribution in [0.4, 0.5) is 43.2 Å². The Balaban J connectivity index is 0.000000167. The normalized spacial score (nSPS) is 9.89. The molecule has 0 aliphatic heterocycles. The Morgan fingerprint density at radius 1 is 0.354 bits per heavy atom. The van der Waals surface area contributed by atoms with E-state index in [1.807, 2.05) is 124 Å². The SMILES string of the molecule is CCN(C)c1sc(-c2cccnc2)nc1C#N.CCN(C)c1sc(-c2cncc(F)c2)nc1C#N.CN(C)c1sc(-c2cccnc2)nc1C#N.CN(C)c1sc(-c2cncc(F)c2)nc1C#N.CNc1sc(-c2cccnc2)nc1C#N.CNc1sc(-c2cncc(F)c2)nc1C#N. The number of hydrogen-bond acceptors (Lipinski definition) is 30. The largest absolute Gasteiger partial charge is 0.378 e. The maximum Gasteiger partial charge on any atom is 0.175 e. The number of pyridine rings is 6. The fraction of sp³-hybridized carbons (Fsp3) is 0.182. The third-order valence-electron chi connectivity index (χ3n) is 12.8. The molecule has 99 heavy (non-hydrogen) atoms. The fourth-order valence-corrected chi connectivity index (χ4v) is 13.5. The van der Waals surface area contributed by atoms with Crippen molar-refractivity contribution >= 4 is 98.0 Å². The van der Waals surface area contributed by atoms with Crippen molar-refractivity contribution in [2.45, 2.75) is 13.8 Å². The Kier molecular flexibility index (Phi) is 27.8. The van der Waals surface area contributed by atoms with Crippen LogP contribution < -0.4 is 30.2 Å². The van der Waals surface area contributed by atoms with E-state index in [1.165, 1.54) is 98.6 Å². The molecule has 0 aromatic carbocycles. The van der Waals surface area contributed by atoms with Gasteiger partial charge in [-0.15, -0.1) is 0 Å². The molecular formula is C66H57F3N24S6. The molecule has 0 aliphatic rings. The van der Waals surface area contributed by atoms with Crippen molar-refractivity contribution in [2.24, 2.45) is 0 Å². The Hall–Kier alpha value is -11.8. The minimum Gasteiger partial charge on any atom is -0.378 e. The lowest BCUT2D eigenvalue weighted by Crippen LogP contribution is -2.15. The Labute approximate surface area is 592 Å². The highest BCUT2D eigenvalue weighted by atomic mass is 32.1. The number of nitrogens with one attached hydrogen (secondary N) is 2. The fourth-order valence-electron chi connectivity index (χ4n) is 7.88. The number of nitrogens with zero attached hydrogens (tertiary/aromatic N) is 22. The summed E-state index contributed by atoms with van der Waals surface area (Å²) in [6.45, 7) is 5.66. The number of thiazole rings is 6. The van der Waals surface area contributed by atoms with Gasteiger partial charge in [0.1, 0.15) is 114 Å². The van der Waals surface area contributed by atoms with Gasteiger partial charge in [-0.3, -0.25) is 29.9 Å². The van der Waals surface area contributed by atoms with Crippen LogP contribution in [0.3, 0.4) is 0 Å².